The fourth-order valence-electron chi connectivity index (χ4n) is 2.18. The summed E-state index contributed by atoms with van der Waals surface area (Å²) in [6, 6.07) is 6.92. The number of rotatable bonds is 5. The van der Waals surface area contributed by atoms with Gasteiger partial charge in [-0.2, -0.15) is 5.10 Å². The zero-order valence-corrected chi connectivity index (χ0v) is 15.5. The van der Waals surface area contributed by atoms with Crippen molar-refractivity contribution >= 4 is 38.5 Å². The lowest BCUT2D eigenvalue weighted by Crippen LogP contribution is -2.22. The lowest BCUT2D eigenvalue weighted by molar-refractivity contribution is 0.477. The Morgan fingerprint density at radius 2 is 2.15 bits per heavy atom. The van der Waals surface area contributed by atoms with E-state index in [1.54, 1.807) is 6.33 Å². The van der Waals surface area contributed by atoms with Gasteiger partial charge in [0.25, 0.3) is 0 Å². The number of hydrogen-bond acceptors (Lipinski definition) is 3. The summed E-state index contributed by atoms with van der Waals surface area (Å²) in [6.45, 7) is 4.24. The molecule has 0 amide bonds. The fourth-order valence-corrected chi connectivity index (χ4v) is 3.22. The van der Waals surface area contributed by atoms with Crippen molar-refractivity contribution < 1.29 is 0 Å². The standard InChI is InChI=1S/C14H18BrIN4/c1-9(2)20-14(18-8-19-20)7-13(17-3)11-6-10(16)4-5-12(11)15/h4-6,8-9,13,17H,7H2,1-3H3. The molecule has 1 aromatic carbocycles. The highest BCUT2D eigenvalue weighted by Gasteiger charge is 2.18. The molecule has 1 heterocycles. The Labute approximate surface area is 141 Å². The van der Waals surface area contributed by atoms with Gasteiger partial charge in [0.05, 0.1) is 0 Å². The summed E-state index contributed by atoms with van der Waals surface area (Å²) in [5.41, 5.74) is 1.25. The predicted octanol–water partition coefficient (Wildman–Crippen LogP) is 3.73. The maximum atomic E-state index is 4.40. The molecule has 0 bridgehead atoms. The van der Waals surface area contributed by atoms with Crippen LogP contribution in [-0.4, -0.2) is 21.8 Å². The Morgan fingerprint density at radius 3 is 2.80 bits per heavy atom. The SMILES string of the molecule is CNC(Cc1ncnn1C(C)C)c1cc(I)ccc1Br. The maximum Gasteiger partial charge on any atom is 0.138 e. The zero-order valence-electron chi connectivity index (χ0n) is 11.8. The van der Waals surface area contributed by atoms with Crippen LogP contribution < -0.4 is 5.32 Å². The van der Waals surface area contributed by atoms with Crippen LogP contribution in [-0.2, 0) is 6.42 Å². The third-order valence-corrected chi connectivity index (χ3v) is 4.60. The molecule has 0 aliphatic rings. The Bertz CT molecular complexity index is 582. The largest absolute Gasteiger partial charge is 0.313 e. The van der Waals surface area contributed by atoms with Gasteiger partial charge in [0, 0.05) is 26.5 Å². The third-order valence-electron chi connectivity index (χ3n) is 3.21. The van der Waals surface area contributed by atoms with Crippen molar-refractivity contribution in [3.05, 3.63) is 44.0 Å². The van der Waals surface area contributed by atoms with E-state index in [9.17, 15) is 0 Å². The molecule has 1 unspecified atom stereocenters. The van der Waals surface area contributed by atoms with Crippen LogP contribution in [0.4, 0.5) is 0 Å². The zero-order chi connectivity index (χ0) is 14.7. The van der Waals surface area contributed by atoms with Crippen LogP contribution >= 0.6 is 38.5 Å². The molecule has 108 valence electrons. The monoisotopic (exact) mass is 448 g/mol. The van der Waals surface area contributed by atoms with Gasteiger partial charge in [-0.25, -0.2) is 9.67 Å². The lowest BCUT2D eigenvalue weighted by Gasteiger charge is -2.19. The summed E-state index contributed by atoms with van der Waals surface area (Å²) in [5.74, 6) is 1.00. The highest BCUT2D eigenvalue weighted by molar-refractivity contribution is 14.1. The van der Waals surface area contributed by atoms with E-state index in [1.807, 2.05) is 11.7 Å². The van der Waals surface area contributed by atoms with Gasteiger partial charge in [0.2, 0.25) is 0 Å². The summed E-state index contributed by atoms with van der Waals surface area (Å²) in [6.07, 6.45) is 2.44. The first kappa shape index (κ1) is 15.9. The summed E-state index contributed by atoms with van der Waals surface area (Å²) < 4.78 is 4.32. The van der Waals surface area contributed by atoms with E-state index in [1.165, 1.54) is 9.13 Å². The molecule has 0 fully saturated rings. The summed E-state index contributed by atoms with van der Waals surface area (Å²) >= 11 is 5.97. The third kappa shape index (κ3) is 3.59. The Balaban J connectivity index is 2.29. The number of hydrogen-bond donors (Lipinski definition) is 1. The number of nitrogens with one attached hydrogen (secondary N) is 1. The smallest absolute Gasteiger partial charge is 0.138 e. The van der Waals surface area contributed by atoms with E-state index in [0.29, 0.717) is 6.04 Å². The fraction of sp³-hybridized carbons (Fsp3) is 0.429. The quantitative estimate of drug-likeness (QED) is 0.708. The molecule has 20 heavy (non-hydrogen) atoms. The van der Waals surface area contributed by atoms with Gasteiger partial charge in [0.1, 0.15) is 12.2 Å². The number of benzene rings is 1. The minimum Gasteiger partial charge on any atom is -0.313 e. The first-order valence-corrected chi connectivity index (χ1v) is 8.40. The molecule has 0 spiro atoms. The average Bonchev–Trinajstić information content (AvgIpc) is 2.87. The van der Waals surface area contributed by atoms with Crippen LogP contribution in [0.25, 0.3) is 0 Å². The Kier molecular flexibility index (Phi) is 5.57. The molecule has 1 N–H and O–H groups in total. The molecule has 0 aliphatic carbocycles. The van der Waals surface area contributed by atoms with Gasteiger partial charge < -0.3 is 5.32 Å². The lowest BCUT2D eigenvalue weighted by atomic mass is 10.0. The van der Waals surface area contributed by atoms with Gasteiger partial charge in [-0.1, -0.05) is 15.9 Å². The van der Waals surface area contributed by atoms with E-state index in [0.717, 1.165) is 16.7 Å². The second-order valence-electron chi connectivity index (χ2n) is 4.93. The van der Waals surface area contributed by atoms with Gasteiger partial charge in [-0.15, -0.1) is 0 Å². The molecule has 1 atom stereocenters. The van der Waals surface area contributed by atoms with Gasteiger partial charge >= 0.3 is 0 Å². The summed E-state index contributed by atoms with van der Waals surface area (Å²) in [4.78, 5) is 4.40. The van der Waals surface area contributed by atoms with Crippen LogP contribution in [0.3, 0.4) is 0 Å². The molecule has 2 aromatic rings. The molecular formula is C14H18BrIN4. The molecule has 0 radical (unpaired) electrons. The average molecular weight is 449 g/mol. The van der Waals surface area contributed by atoms with E-state index >= 15 is 0 Å². The molecule has 2 rings (SSSR count). The highest BCUT2D eigenvalue weighted by atomic mass is 127. The second kappa shape index (κ2) is 7.00. The van der Waals surface area contributed by atoms with Gasteiger partial charge in [-0.05, 0) is 67.2 Å². The molecule has 4 nitrogen and oxygen atoms in total. The van der Waals surface area contributed by atoms with Gasteiger partial charge in [0.15, 0.2) is 0 Å². The van der Waals surface area contributed by atoms with E-state index in [2.05, 4.69) is 86.0 Å². The molecule has 6 heteroatoms. The highest BCUT2D eigenvalue weighted by Crippen LogP contribution is 2.27. The van der Waals surface area contributed by atoms with Crippen molar-refractivity contribution in [1.29, 1.82) is 0 Å². The molecule has 0 aliphatic heterocycles. The minimum atomic E-state index is 0.209. The topological polar surface area (TPSA) is 42.7 Å². The van der Waals surface area contributed by atoms with Crippen LogP contribution in [0.5, 0.6) is 0 Å². The van der Waals surface area contributed by atoms with Crippen molar-refractivity contribution in [2.24, 2.45) is 0 Å². The van der Waals surface area contributed by atoms with Crippen molar-refractivity contribution in [3.63, 3.8) is 0 Å². The van der Waals surface area contributed by atoms with Crippen LogP contribution in [0.15, 0.2) is 29.0 Å². The van der Waals surface area contributed by atoms with E-state index in [4.69, 9.17) is 0 Å². The molecule has 1 aromatic heterocycles. The number of aromatic nitrogens is 3. The van der Waals surface area contributed by atoms with E-state index in [-0.39, 0.29) is 6.04 Å². The normalized spacial score (nSPS) is 12.9. The molecule has 0 saturated heterocycles. The van der Waals surface area contributed by atoms with Crippen molar-refractivity contribution in [2.75, 3.05) is 7.05 Å². The van der Waals surface area contributed by atoms with Gasteiger partial charge in [-0.3, -0.25) is 0 Å². The maximum absolute atomic E-state index is 4.40. The van der Waals surface area contributed by atoms with Crippen molar-refractivity contribution in [3.8, 4) is 0 Å². The van der Waals surface area contributed by atoms with Crippen LogP contribution in [0, 0.1) is 3.57 Å². The first-order valence-electron chi connectivity index (χ1n) is 6.53. The number of likely N-dealkylation sites (N-methyl/N-ethyl adjacent to an activating group) is 1. The molecule has 0 saturated carbocycles. The van der Waals surface area contributed by atoms with Crippen LogP contribution in [0.1, 0.15) is 37.3 Å². The first-order chi connectivity index (χ1) is 9.52. The summed E-state index contributed by atoms with van der Waals surface area (Å²) in [7, 11) is 1.98. The Hall–Kier alpha value is -0.470. The molecular weight excluding hydrogens is 431 g/mol. The minimum absolute atomic E-state index is 0.209. The van der Waals surface area contributed by atoms with Crippen LogP contribution in [0.2, 0.25) is 0 Å². The predicted molar refractivity (Wildman–Crippen MR) is 92.8 cm³/mol. The summed E-state index contributed by atoms with van der Waals surface area (Å²) in [5, 5.41) is 7.68. The van der Waals surface area contributed by atoms with E-state index < -0.39 is 0 Å². The van der Waals surface area contributed by atoms with Crippen molar-refractivity contribution in [1.82, 2.24) is 20.1 Å². The second-order valence-corrected chi connectivity index (χ2v) is 7.03. The number of halogens is 2. The Morgan fingerprint density at radius 1 is 1.40 bits per heavy atom. The number of nitrogens with zero attached hydrogens (tertiary/aromatic N) is 3. The van der Waals surface area contributed by atoms with Crippen molar-refractivity contribution in [2.45, 2.75) is 32.4 Å².